The predicted octanol–water partition coefficient (Wildman–Crippen LogP) is 10.6. The smallest absolute Gasteiger partial charge is 0.00132 e. The highest BCUT2D eigenvalue weighted by Crippen LogP contribution is 2.52. The lowest BCUT2D eigenvalue weighted by Crippen LogP contribution is -1.90. The molecule has 0 amide bonds. The maximum atomic E-state index is 2.47. The maximum Gasteiger partial charge on any atom is -0.00132 e. The molecule has 0 radical (unpaired) electrons. The van der Waals surface area contributed by atoms with Gasteiger partial charge in [0.2, 0.25) is 0 Å². The molecule has 2 aliphatic rings. The van der Waals surface area contributed by atoms with Crippen LogP contribution in [-0.4, -0.2) is 0 Å². The Kier molecular flexibility index (Phi) is 4.07. The minimum absolute atomic E-state index is 1.01. The van der Waals surface area contributed by atoms with E-state index in [1.54, 1.807) is 0 Å². The normalized spacial score (nSPS) is 12.8. The molecule has 7 aromatic rings. The Balaban J connectivity index is 1.39. The molecule has 0 aliphatic heterocycles. The first kappa shape index (κ1) is 21.3. The van der Waals surface area contributed by atoms with Crippen molar-refractivity contribution in [3.05, 3.63) is 131 Å². The summed E-state index contributed by atoms with van der Waals surface area (Å²) >= 11 is 0. The lowest BCUT2D eigenvalue weighted by atomic mass is 9.87. The second-order valence-corrected chi connectivity index (χ2v) is 11.4. The topological polar surface area (TPSA) is 0 Å². The van der Waals surface area contributed by atoms with Crippen molar-refractivity contribution < 1.29 is 0 Å². The molecule has 0 heterocycles. The Bertz CT molecular complexity index is 2210. The van der Waals surface area contributed by atoms with E-state index in [0.717, 1.165) is 6.42 Å². The Hall–Kier alpha value is -4.68. The second-order valence-electron chi connectivity index (χ2n) is 11.4. The average Bonchev–Trinajstić information content (AvgIpc) is 3.50. The highest BCUT2D eigenvalue weighted by atomic mass is 14.3. The van der Waals surface area contributed by atoms with Gasteiger partial charge in [0.05, 0.1) is 0 Å². The molecule has 0 unspecified atom stereocenters. The van der Waals surface area contributed by atoms with E-state index in [0.29, 0.717) is 0 Å². The fraction of sp³-hybridized carbons (Fsp3) is 0.0769. The molecule has 0 heteroatoms. The van der Waals surface area contributed by atoms with E-state index in [9.17, 15) is 0 Å². The maximum absolute atomic E-state index is 2.47. The monoisotopic (exact) mass is 494 g/mol. The zero-order valence-corrected chi connectivity index (χ0v) is 22.1. The third kappa shape index (κ3) is 2.79. The summed E-state index contributed by atoms with van der Waals surface area (Å²) < 4.78 is 0. The summed E-state index contributed by atoms with van der Waals surface area (Å²) in [6, 6.07) is 41.5. The first-order chi connectivity index (χ1) is 19.2. The summed E-state index contributed by atoms with van der Waals surface area (Å²) in [5, 5.41) is 8.13. The minimum atomic E-state index is 1.01. The molecule has 182 valence electrons. The Morgan fingerprint density at radius 1 is 0.436 bits per heavy atom. The lowest BCUT2D eigenvalue weighted by molar-refractivity contribution is 1.26. The summed E-state index contributed by atoms with van der Waals surface area (Å²) in [5.41, 5.74) is 16.4. The van der Waals surface area contributed by atoms with Crippen LogP contribution in [0.4, 0.5) is 0 Å². The van der Waals surface area contributed by atoms with Crippen LogP contribution < -0.4 is 0 Å². The van der Waals surface area contributed by atoms with Gasteiger partial charge in [-0.3, -0.25) is 0 Å². The van der Waals surface area contributed by atoms with E-state index in [1.165, 1.54) is 99.1 Å². The zero-order chi connectivity index (χ0) is 25.8. The van der Waals surface area contributed by atoms with Gasteiger partial charge in [-0.25, -0.2) is 0 Å². The lowest BCUT2D eigenvalue weighted by Gasteiger charge is -2.16. The Morgan fingerprint density at radius 3 is 2.05 bits per heavy atom. The number of fused-ring (bicyclic) bond motifs is 10. The van der Waals surface area contributed by atoms with Crippen molar-refractivity contribution in [3.63, 3.8) is 0 Å². The molecule has 9 rings (SSSR count). The first-order valence-electron chi connectivity index (χ1n) is 13.9. The van der Waals surface area contributed by atoms with Crippen LogP contribution >= 0.6 is 0 Å². The fourth-order valence-electron chi connectivity index (χ4n) is 7.41. The molecule has 0 N–H and O–H groups in total. The predicted molar refractivity (Wildman–Crippen MR) is 167 cm³/mol. The van der Waals surface area contributed by atoms with E-state index in [1.807, 2.05) is 0 Å². The molecule has 0 saturated carbocycles. The summed E-state index contributed by atoms with van der Waals surface area (Å²) in [7, 11) is 0. The standard InChI is InChI=1S/C39H26/c1-22-11-14-30-34(17-22)33(25-13-16-28-26(19-25)18-24-7-3-4-8-27(24)28)20-36-32-15-12-23(2)38-31-10-6-5-9-29(31)37(39(32)38)21-35(30)36/h3-17,19-21H,18H2,1-2H3. The summed E-state index contributed by atoms with van der Waals surface area (Å²) in [4.78, 5) is 0. The van der Waals surface area contributed by atoms with Crippen molar-refractivity contribution in [1.29, 1.82) is 0 Å². The van der Waals surface area contributed by atoms with Crippen LogP contribution in [0, 0.1) is 13.8 Å². The van der Waals surface area contributed by atoms with E-state index < -0.39 is 0 Å². The van der Waals surface area contributed by atoms with Crippen LogP contribution in [0.5, 0.6) is 0 Å². The van der Waals surface area contributed by atoms with Gasteiger partial charge in [-0.05, 0) is 126 Å². The van der Waals surface area contributed by atoms with Crippen LogP contribution in [0.25, 0.3) is 76.8 Å². The number of rotatable bonds is 1. The van der Waals surface area contributed by atoms with Crippen molar-refractivity contribution in [1.82, 2.24) is 0 Å². The highest BCUT2D eigenvalue weighted by molar-refractivity contribution is 6.29. The second kappa shape index (κ2) is 7.46. The summed E-state index contributed by atoms with van der Waals surface area (Å²) in [5.74, 6) is 0. The van der Waals surface area contributed by atoms with E-state index in [2.05, 4.69) is 123 Å². The largest absolute Gasteiger partial charge is 0.0619 e. The molecule has 0 aromatic heterocycles. The van der Waals surface area contributed by atoms with Gasteiger partial charge in [0.15, 0.2) is 0 Å². The average molecular weight is 495 g/mol. The van der Waals surface area contributed by atoms with Gasteiger partial charge in [-0.15, -0.1) is 0 Å². The molecule has 0 spiro atoms. The Morgan fingerprint density at radius 2 is 1.15 bits per heavy atom. The van der Waals surface area contributed by atoms with Crippen molar-refractivity contribution in [3.8, 4) is 44.5 Å². The molecule has 0 nitrogen and oxygen atoms in total. The van der Waals surface area contributed by atoms with Gasteiger partial charge in [-0.2, -0.15) is 0 Å². The number of hydrogen-bond acceptors (Lipinski definition) is 0. The van der Waals surface area contributed by atoms with Gasteiger partial charge in [-0.1, -0.05) is 103 Å². The molecule has 0 saturated heterocycles. The van der Waals surface area contributed by atoms with Crippen LogP contribution in [0.2, 0.25) is 0 Å². The molecule has 0 fully saturated rings. The fourth-order valence-corrected chi connectivity index (χ4v) is 7.41. The molecular formula is C39H26. The van der Waals surface area contributed by atoms with Gasteiger partial charge in [0.1, 0.15) is 0 Å². The number of benzene rings is 7. The third-order valence-electron chi connectivity index (χ3n) is 9.19. The van der Waals surface area contributed by atoms with Crippen molar-refractivity contribution in [2.45, 2.75) is 20.3 Å². The highest BCUT2D eigenvalue weighted by Gasteiger charge is 2.25. The van der Waals surface area contributed by atoms with Gasteiger partial charge in [0.25, 0.3) is 0 Å². The third-order valence-corrected chi connectivity index (χ3v) is 9.19. The zero-order valence-electron chi connectivity index (χ0n) is 22.1. The summed E-state index contributed by atoms with van der Waals surface area (Å²) in [6.45, 7) is 4.46. The number of aryl methyl sites for hydroxylation is 2. The van der Waals surface area contributed by atoms with E-state index in [-0.39, 0.29) is 0 Å². The van der Waals surface area contributed by atoms with Crippen molar-refractivity contribution >= 4 is 32.3 Å². The van der Waals surface area contributed by atoms with Gasteiger partial charge < -0.3 is 0 Å². The molecule has 39 heavy (non-hydrogen) atoms. The Labute approximate surface area is 228 Å². The van der Waals surface area contributed by atoms with Gasteiger partial charge >= 0.3 is 0 Å². The summed E-state index contributed by atoms with van der Waals surface area (Å²) in [6.07, 6.45) is 1.01. The quantitative estimate of drug-likeness (QED) is 0.199. The number of hydrogen-bond donors (Lipinski definition) is 0. The SMILES string of the molecule is Cc1ccc2c(c1)c(-c1ccc3c(c1)Cc1ccccc1-3)cc1c3ccc(C)c4c3c(cc21)-c1ccccc1-4. The molecule has 7 aromatic carbocycles. The first-order valence-corrected chi connectivity index (χ1v) is 13.9. The van der Waals surface area contributed by atoms with Crippen molar-refractivity contribution in [2.75, 3.05) is 0 Å². The molecule has 0 bridgehead atoms. The van der Waals surface area contributed by atoms with Crippen molar-refractivity contribution in [2.24, 2.45) is 0 Å². The van der Waals surface area contributed by atoms with E-state index >= 15 is 0 Å². The van der Waals surface area contributed by atoms with Crippen LogP contribution in [0.1, 0.15) is 22.3 Å². The minimum Gasteiger partial charge on any atom is -0.0619 e. The van der Waals surface area contributed by atoms with E-state index in [4.69, 9.17) is 0 Å². The molecule has 2 aliphatic carbocycles. The molecule has 0 atom stereocenters. The van der Waals surface area contributed by atoms with Crippen LogP contribution in [0.15, 0.2) is 109 Å². The van der Waals surface area contributed by atoms with Gasteiger partial charge in [0, 0.05) is 0 Å². The van der Waals surface area contributed by atoms with Crippen LogP contribution in [0.3, 0.4) is 0 Å². The van der Waals surface area contributed by atoms with Crippen LogP contribution in [-0.2, 0) is 6.42 Å². The molecular weight excluding hydrogens is 468 g/mol.